The van der Waals surface area contributed by atoms with Crippen molar-refractivity contribution in [3.05, 3.63) is 29.8 Å². The van der Waals surface area contributed by atoms with Crippen LogP contribution in [0.15, 0.2) is 29.2 Å². The fourth-order valence-corrected chi connectivity index (χ4v) is 3.33. The highest BCUT2D eigenvalue weighted by Gasteiger charge is 2.32. The van der Waals surface area contributed by atoms with Crippen molar-refractivity contribution < 1.29 is 18.6 Å². The largest absolute Gasteiger partial charge is 0.394 e. The number of aliphatic hydroxyl groups excluding tert-OH is 2. The number of rotatable bonds is 8. The second kappa shape index (κ2) is 7.17. The van der Waals surface area contributed by atoms with E-state index in [9.17, 15) is 18.6 Å². The number of aryl methyl sites for hydroxylation is 1. The zero-order valence-electron chi connectivity index (χ0n) is 12.0. The van der Waals surface area contributed by atoms with Crippen molar-refractivity contribution in [1.82, 2.24) is 4.72 Å². The van der Waals surface area contributed by atoms with Crippen LogP contribution in [0.2, 0.25) is 0 Å². The Bertz CT molecular complexity index is 498. The van der Waals surface area contributed by atoms with Gasteiger partial charge in [-0.05, 0) is 30.5 Å². The Morgan fingerprint density at radius 1 is 1.10 bits per heavy atom. The molecule has 0 aliphatic rings. The Hall–Kier alpha value is -0.950. The molecule has 0 amide bonds. The molecule has 0 unspecified atom stereocenters. The van der Waals surface area contributed by atoms with Gasteiger partial charge in [-0.1, -0.05) is 32.4 Å². The van der Waals surface area contributed by atoms with E-state index < -0.39 is 28.8 Å². The minimum absolute atomic E-state index is 0.136. The zero-order valence-corrected chi connectivity index (χ0v) is 12.8. The quantitative estimate of drug-likeness (QED) is 0.670. The van der Waals surface area contributed by atoms with Gasteiger partial charge in [0, 0.05) is 0 Å². The topological polar surface area (TPSA) is 86.6 Å². The number of benzene rings is 1. The molecule has 0 saturated carbocycles. The van der Waals surface area contributed by atoms with Crippen LogP contribution in [0.25, 0.3) is 0 Å². The fraction of sp³-hybridized carbons (Fsp3) is 0.571. The number of sulfonamides is 1. The van der Waals surface area contributed by atoms with Crippen molar-refractivity contribution in [2.75, 3.05) is 13.2 Å². The van der Waals surface area contributed by atoms with Crippen molar-refractivity contribution in [2.45, 2.75) is 43.5 Å². The van der Waals surface area contributed by atoms with Gasteiger partial charge in [0.05, 0.1) is 23.6 Å². The lowest BCUT2D eigenvalue weighted by Gasteiger charge is -2.29. The number of aliphatic hydroxyl groups is 2. The summed E-state index contributed by atoms with van der Waals surface area (Å²) in [5.74, 6) is 0. The lowest BCUT2D eigenvalue weighted by atomic mass is 10.0. The molecule has 0 saturated heterocycles. The Kier molecular flexibility index (Phi) is 6.13. The summed E-state index contributed by atoms with van der Waals surface area (Å²) in [5.41, 5.74) is -0.140. The predicted molar refractivity (Wildman–Crippen MR) is 78.0 cm³/mol. The number of nitrogens with one attached hydrogen (secondary N) is 1. The maximum atomic E-state index is 12.3. The third-order valence-electron chi connectivity index (χ3n) is 3.41. The van der Waals surface area contributed by atoms with Crippen LogP contribution >= 0.6 is 0 Å². The molecule has 3 N–H and O–H groups in total. The molecule has 0 bridgehead atoms. The van der Waals surface area contributed by atoms with Crippen molar-refractivity contribution in [2.24, 2.45) is 0 Å². The van der Waals surface area contributed by atoms with E-state index in [2.05, 4.69) is 11.6 Å². The Morgan fingerprint density at radius 3 is 2.05 bits per heavy atom. The molecule has 0 spiro atoms. The Morgan fingerprint density at radius 2 is 1.65 bits per heavy atom. The van der Waals surface area contributed by atoms with Crippen LogP contribution in [0.4, 0.5) is 0 Å². The van der Waals surface area contributed by atoms with Gasteiger partial charge in [0.1, 0.15) is 0 Å². The smallest absolute Gasteiger partial charge is 0.241 e. The third-order valence-corrected chi connectivity index (χ3v) is 5.00. The SMILES string of the molecule is CCCc1ccc(S(=O)(=O)NC(CC)(CO)CO)cc1. The molecule has 0 radical (unpaired) electrons. The standard InChI is InChI=1S/C14H23NO4S/c1-3-5-12-6-8-13(9-7-12)20(18,19)15-14(4-2,10-16)11-17/h6-9,15-17H,3-5,10-11H2,1-2H3. The summed E-state index contributed by atoms with van der Waals surface area (Å²) in [4.78, 5) is 0.136. The van der Waals surface area contributed by atoms with Gasteiger partial charge >= 0.3 is 0 Å². The van der Waals surface area contributed by atoms with E-state index in [-0.39, 0.29) is 4.90 Å². The van der Waals surface area contributed by atoms with Gasteiger partial charge in [-0.15, -0.1) is 0 Å². The van der Waals surface area contributed by atoms with Gasteiger partial charge in [-0.25, -0.2) is 13.1 Å². The molecule has 0 aromatic heterocycles. The Balaban J connectivity index is 2.98. The lowest BCUT2D eigenvalue weighted by Crippen LogP contribution is -2.53. The first-order valence-electron chi connectivity index (χ1n) is 6.77. The maximum absolute atomic E-state index is 12.3. The molecular formula is C14H23NO4S. The summed E-state index contributed by atoms with van der Waals surface area (Å²) in [6.07, 6.45) is 2.20. The predicted octanol–water partition coefficient (Wildman–Crippen LogP) is 1.05. The fourth-order valence-electron chi connectivity index (χ4n) is 1.88. The van der Waals surface area contributed by atoms with Crippen molar-refractivity contribution in [3.8, 4) is 0 Å². The number of hydrogen-bond acceptors (Lipinski definition) is 4. The molecule has 0 atom stereocenters. The van der Waals surface area contributed by atoms with E-state index in [1.165, 1.54) is 0 Å². The van der Waals surface area contributed by atoms with Gasteiger partial charge in [-0.2, -0.15) is 0 Å². The molecule has 0 aliphatic carbocycles. The normalized spacial score (nSPS) is 12.6. The highest BCUT2D eigenvalue weighted by atomic mass is 32.2. The molecule has 1 rings (SSSR count). The molecule has 1 aromatic rings. The molecular weight excluding hydrogens is 278 g/mol. The van der Waals surface area contributed by atoms with Crippen LogP contribution in [-0.4, -0.2) is 37.4 Å². The second-order valence-corrected chi connectivity index (χ2v) is 6.63. The summed E-state index contributed by atoms with van der Waals surface area (Å²) in [7, 11) is -3.76. The van der Waals surface area contributed by atoms with E-state index in [1.54, 1.807) is 31.2 Å². The third kappa shape index (κ3) is 4.02. The molecule has 5 nitrogen and oxygen atoms in total. The van der Waals surface area contributed by atoms with Crippen molar-refractivity contribution in [1.29, 1.82) is 0 Å². The van der Waals surface area contributed by atoms with Gasteiger partial charge in [0.2, 0.25) is 10.0 Å². The van der Waals surface area contributed by atoms with E-state index in [1.807, 2.05) is 0 Å². The number of hydrogen-bond donors (Lipinski definition) is 3. The second-order valence-electron chi connectivity index (χ2n) is 4.95. The Labute approximate surface area is 120 Å². The monoisotopic (exact) mass is 301 g/mol. The average Bonchev–Trinajstić information content (AvgIpc) is 2.46. The average molecular weight is 301 g/mol. The molecule has 0 heterocycles. The van der Waals surface area contributed by atoms with Gasteiger partial charge in [-0.3, -0.25) is 0 Å². The van der Waals surface area contributed by atoms with Crippen molar-refractivity contribution >= 4 is 10.0 Å². The van der Waals surface area contributed by atoms with Gasteiger partial charge in [0.25, 0.3) is 0 Å². The molecule has 20 heavy (non-hydrogen) atoms. The van der Waals surface area contributed by atoms with Gasteiger partial charge in [0.15, 0.2) is 0 Å². The summed E-state index contributed by atoms with van der Waals surface area (Å²) in [6, 6.07) is 6.65. The zero-order chi connectivity index (χ0) is 15.2. The maximum Gasteiger partial charge on any atom is 0.241 e. The molecule has 0 fully saturated rings. The summed E-state index contributed by atoms with van der Waals surface area (Å²) in [6.45, 7) is 2.86. The van der Waals surface area contributed by atoms with Crippen LogP contribution in [0.5, 0.6) is 0 Å². The van der Waals surface area contributed by atoms with Crippen LogP contribution in [-0.2, 0) is 16.4 Å². The van der Waals surface area contributed by atoms with Crippen LogP contribution < -0.4 is 4.72 Å². The van der Waals surface area contributed by atoms with Crippen LogP contribution in [0.1, 0.15) is 32.3 Å². The summed E-state index contributed by atoms with van der Waals surface area (Å²) >= 11 is 0. The van der Waals surface area contributed by atoms with E-state index in [0.717, 1.165) is 18.4 Å². The first-order valence-corrected chi connectivity index (χ1v) is 8.26. The first-order chi connectivity index (χ1) is 9.43. The van der Waals surface area contributed by atoms with E-state index in [4.69, 9.17) is 0 Å². The lowest BCUT2D eigenvalue weighted by molar-refractivity contribution is 0.105. The molecule has 1 aromatic carbocycles. The molecule has 114 valence electrons. The highest BCUT2D eigenvalue weighted by Crippen LogP contribution is 2.17. The van der Waals surface area contributed by atoms with E-state index >= 15 is 0 Å². The molecule has 0 aliphatic heterocycles. The van der Waals surface area contributed by atoms with Crippen LogP contribution in [0, 0.1) is 0 Å². The van der Waals surface area contributed by atoms with Gasteiger partial charge < -0.3 is 10.2 Å². The van der Waals surface area contributed by atoms with Crippen molar-refractivity contribution in [3.63, 3.8) is 0 Å². The minimum atomic E-state index is -3.76. The highest BCUT2D eigenvalue weighted by molar-refractivity contribution is 7.89. The summed E-state index contributed by atoms with van der Waals surface area (Å²) in [5, 5.41) is 18.6. The first kappa shape index (κ1) is 17.1. The van der Waals surface area contributed by atoms with E-state index in [0.29, 0.717) is 6.42 Å². The minimum Gasteiger partial charge on any atom is -0.394 e. The van der Waals surface area contributed by atoms with Crippen LogP contribution in [0.3, 0.4) is 0 Å². The summed E-state index contributed by atoms with van der Waals surface area (Å²) < 4.78 is 26.9. The molecule has 6 heteroatoms.